The van der Waals surface area contributed by atoms with E-state index in [1.54, 1.807) is 6.92 Å². The zero-order chi connectivity index (χ0) is 17.9. The van der Waals surface area contributed by atoms with Crippen LogP contribution in [0.25, 0.3) is 0 Å². The lowest BCUT2D eigenvalue weighted by atomic mass is 9.90. The van der Waals surface area contributed by atoms with Gasteiger partial charge in [-0.2, -0.15) is 0 Å². The maximum atomic E-state index is 13.4. The van der Waals surface area contributed by atoms with Crippen molar-refractivity contribution < 1.29 is 28.2 Å². The van der Waals surface area contributed by atoms with Gasteiger partial charge in [-0.15, -0.1) is 0 Å². The summed E-state index contributed by atoms with van der Waals surface area (Å²) in [5, 5.41) is 0. The number of amides is 1. The third kappa shape index (κ3) is 3.55. The minimum atomic E-state index is -0.870. The number of nitrogens with zero attached hydrogens (tertiary/aromatic N) is 1. The van der Waals surface area contributed by atoms with E-state index >= 15 is 0 Å². The first kappa shape index (κ1) is 17.9. The van der Waals surface area contributed by atoms with Crippen molar-refractivity contribution in [2.75, 3.05) is 20.8 Å². The van der Waals surface area contributed by atoms with Crippen LogP contribution in [0, 0.1) is 18.7 Å². The smallest absolute Gasteiger partial charge is 0.328 e. The highest BCUT2D eigenvalue weighted by Crippen LogP contribution is 2.27. The van der Waals surface area contributed by atoms with Gasteiger partial charge in [0.15, 0.2) is 0 Å². The third-order valence-corrected chi connectivity index (χ3v) is 4.28. The standard InChI is InChI=1S/C17H20FNO5/c1-10-8-11(4-5-13(10)18)15(20)19-7-6-12(16(21)23-2)9-14(19)17(22)24-3/h4-5,8,12,14H,6-7,9H2,1-3H3. The molecule has 7 heteroatoms. The van der Waals surface area contributed by atoms with E-state index in [0.717, 1.165) is 0 Å². The summed E-state index contributed by atoms with van der Waals surface area (Å²) in [6.07, 6.45) is 0.539. The molecule has 24 heavy (non-hydrogen) atoms. The Morgan fingerprint density at radius 2 is 1.83 bits per heavy atom. The first-order chi connectivity index (χ1) is 11.4. The van der Waals surface area contributed by atoms with E-state index in [0.29, 0.717) is 17.5 Å². The first-order valence-electron chi connectivity index (χ1n) is 7.61. The number of piperidine rings is 1. The number of hydrogen-bond donors (Lipinski definition) is 0. The fourth-order valence-electron chi connectivity index (χ4n) is 2.89. The predicted molar refractivity (Wildman–Crippen MR) is 82.7 cm³/mol. The SMILES string of the molecule is COC(=O)C1CCN(C(=O)c2ccc(F)c(C)c2)C(C(=O)OC)C1. The normalized spacial score (nSPS) is 20.4. The van der Waals surface area contributed by atoms with Crippen molar-refractivity contribution in [3.05, 3.63) is 35.1 Å². The van der Waals surface area contributed by atoms with E-state index < -0.39 is 35.6 Å². The van der Waals surface area contributed by atoms with Gasteiger partial charge in [0.05, 0.1) is 20.1 Å². The van der Waals surface area contributed by atoms with Crippen LogP contribution in [0.4, 0.5) is 4.39 Å². The number of ether oxygens (including phenoxy) is 2. The van der Waals surface area contributed by atoms with Crippen molar-refractivity contribution in [2.24, 2.45) is 5.92 Å². The molecule has 2 atom stereocenters. The van der Waals surface area contributed by atoms with E-state index in [4.69, 9.17) is 9.47 Å². The molecule has 1 aliphatic rings. The molecule has 1 aromatic rings. The number of likely N-dealkylation sites (tertiary alicyclic amines) is 1. The van der Waals surface area contributed by atoms with Crippen LogP contribution in [0.2, 0.25) is 0 Å². The maximum Gasteiger partial charge on any atom is 0.328 e. The largest absolute Gasteiger partial charge is 0.469 e. The Hall–Kier alpha value is -2.44. The minimum absolute atomic E-state index is 0.144. The van der Waals surface area contributed by atoms with Crippen LogP contribution < -0.4 is 0 Å². The van der Waals surface area contributed by atoms with Crippen molar-refractivity contribution in [1.29, 1.82) is 0 Å². The molecule has 1 aromatic carbocycles. The van der Waals surface area contributed by atoms with Gasteiger partial charge in [0, 0.05) is 12.1 Å². The molecule has 6 nitrogen and oxygen atoms in total. The molecule has 1 saturated heterocycles. The first-order valence-corrected chi connectivity index (χ1v) is 7.61. The molecule has 0 radical (unpaired) electrons. The second-order valence-electron chi connectivity index (χ2n) is 5.75. The zero-order valence-corrected chi connectivity index (χ0v) is 13.9. The fourth-order valence-corrected chi connectivity index (χ4v) is 2.89. The molecule has 0 aliphatic carbocycles. The third-order valence-electron chi connectivity index (χ3n) is 4.28. The Balaban J connectivity index is 2.26. The van der Waals surface area contributed by atoms with Gasteiger partial charge >= 0.3 is 11.9 Å². The molecular formula is C17H20FNO5. The molecule has 1 amide bonds. The van der Waals surface area contributed by atoms with Gasteiger partial charge in [-0.1, -0.05) is 0 Å². The zero-order valence-electron chi connectivity index (χ0n) is 13.9. The van der Waals surface area contributed by atoms with Crippen molar-refractivity contribution in [3.63, 3.8) is 0 Å². The highest BCUT2D eigenvalue weighted by atomic mass is 19.1. The van der Waals surface area contributed by atoms with Gasteiger partial charge in [0.25, 0.3) is 5.91 Å². The molecule has 1 aliphatic heterocycles. The molecular weight excluding hydrogens is 317 g/mol. The van der Waals surface area contributed by atoms with Crippen LogP contribution in [0.3, 0.4) is 0 Å². The van der Waals surface area contributed by atoms with E-state index in [2.05, 4.69) is 0 Å². The Kier molecular flexibility index (Phi) is 5.54. The quantitative estimate of drug-likeness (QED) is 0.785. The number of esters is 2. The lowest BCUT2D eigenvalue weighted by molar-refractivity contribution is -0.153. The Morgan fingerprint density at radius 3 is 2.42 bits per heavy atom. The maximum absolute atomic E-state index is 13.4. The summed E-state index contributed by atoms with van der Waals surface area (Å²) >= 11 is 0. The van der Waals surface area contributed by atoms with E-state index in [1.807, 2.05) is 0 Å². The topological polar surface area (TPSA) is 72.9 Å². The van der Waals surface area contributed by atoms with Gasteiger partial charge < -0.3 is 14.4 Å². The second kappa shape index (κ2) is 7.42. The van der Waals surface area contributed by atoms with Crippen LogP contribution in [-0.2, 0) is 19.1 Å². The van der Waals surface area contributed by atoms with Crippen molar-refractivity contribution >= 4 is 17.8 Å². The second-order valence-corrected chi connectivity index (χ2v) is 5.75. The van der Waals surface area contributed by atoms with Gasteiger partial charge in [0.2, 0.25) is 0 Å². The molecule has 0 N–H and O–H groups in total. The Labute approximate surface area is 139 Å². The van der Waals surface area contributed by atoms with Gasteiger partial charge in [-0.25, -0.2) is 9.18 Å². The molecule has 130 valence electrons. The Morgan fingerprint density at radius 1 is 1.17 bits per heavy atom. The van der Waals surface area contributed by atoms with E-state index in [-0.39, 0.29) is 13.0 Å². The summed E-state index contributed by atoms with van der Waals surface area (Å²) in [6, 6.07) is 3.17. The highest BCUT2D eigenvalue weighted by molar-refractivity contribution is 5.97. The summed E-state index contributed by atoms with van der Waals surface area (Å²) in [4.78, 5) is 37.9. The molecule has 1 heterocycles. The van der Waals surface area contributed by atoms with Crippen molar-refractivity contribution in [3.8, 4) is 0 Å². The molecule has 2 unspecified atom stereocenters. The number of carbonyl (C=O) groups excluding carboxylic acids is 3. The fraction of sp³-hybridized carbons (Fsp3) is 0.471. The summed E-state index contributed by atoms with van der Waals surface area (Å²) in [6.45, 7) is 1.78. The van der Waals surface area contributed by atoms with Crippen LogP contribution in [0.5, 0.6) is 0 Å². The van der Waals surface area contributed by atoms with Crippen molar-refractivity contribution in [1.82, 2.24) is 4.90 Å². The Bertz CT molecular complexity index is 660. The number of carbonyl (C=O) groups is 3. The van der Waals surface area contributed by atoms with Crippen molar-refractivity contribution in [2.45, 2.75) is 25.8 Å². The molecule has 0 bridgehead atoms. The van der Waals surface area contributed by atoms with Gasteiger partial charge in [0.1, 0.15) is 11.9 Å². The lowest BCUT2D eigenvalue weighted by Gasteiger charge is -2.36. The summed E-state index contributed by atoms with van der Waals surface area (Å²) in [5.41, 5.74) is 0.638. The highest BCUT2D eigenvalue weighted by Gasteiger charge is 2.40. The lowest BCUT2D eigenvalue weighted by Crippen LogP contribution is -2.51. The molecule has 2 rings (SSSR count). The van der Waals surface area contributed by atoms with Crippen LogP contribution in [-0.4, -0.2) is 49.6 Å². The summed E-state index contributed by atoms with van der Waals surface area (Å²) in [7, 11) is 2.52. The van der Waals surface area contributed by atoms with Crippen LogP contribution in [0.1, 0.15) is 28.8 Å². The minimum Gasteiger partial charge on any atom is -0.469 e. The van der Waals surface area contributed by atoms with E-state index in [9.17, 15) is 18.8 Å². The molecule has 0 saturated carbocycles. The number of halogens is 1. The molecule has 1 fully saturated rings. The summed E-state index contributed by atoms with van der Waals surface area (Å²) < 4.78 is 22.9. The van der Waals surface area contributed by atoms with Gasteiger partial charge in [-0.3, -0.25) is 9.59 Å². The average molecular weight is 337 g/mol. The average Bonchev–Trinajstić information content (AvgIpc) is 2.61. The number of methoxy groups -OCH3 is 2. The van der Waals surface area contributed by atoms with Gasteiger partial charge in [-0.05, 0) is 43.5 Å². The van der Waals surface area contributed by atoms with Crippen LogP contribution in [0.15, 0.2) is 18.2 Å². The summed E-state index contributed by atoms with van der Waals surface area (Å²) in [5.74, 6) is -2.25. The molecule has 0 spiro atoms. The number of rotatable bonds is 3. The van der Waals surface area contributed by atoms with E-state index in [1.165, 1.54) is 37.3 Å². The predicted octanol–water partition coefficient (Wildman–Crippen LogP) is 1.70. The number of benzene rings is 1. The molecule has 0 aromatic heterocycles. The number of hydrogen-bond acceptors (Lipinski definition) is 5. The monoisotopic (exact) mass is 337 g/mol. The van der Waals surface area contributed by atoms with Crippen LogP contribution >= 0.6 is 0 Å². The number of aryl methyl sites for hydroxylation is 1.